The molecule has 3 heterocycles. The van der Waals surface area contributed by atoms with Crippen LogP contribution in [0.3, 0.4) is 0 Å². The molecule has 0 spiro atoms. The summed E-state index contributed by atoms with van der Waals surface area (Å²) in [7, 11) is 0. The second-order valence-corrected chi connectivity index (χ2v) is 12.5. The number of rotatable bonds is 2. The molecule has 0 N–H and O–H groups in total. The van der Waals surface area contributed by atoms with Crippen LogP contribution in [0.25, 0.3) is 79.0 Å². The summed E-state index contributed by atoms with van der Waals surface area (Å²) in [6.45, 7) is 0. The molecule has 0 aliphatic carbocycles. The van der Waals surface area contributed by atoms with Crippen molar-refractivity contribution in [1.82, 2.24) is 4.57 Å². The second-order valence-electron chi connectivity index (χ2n) is 10.4. The number of hydrogen-bond donors (Lipinski definition) is 0. The molecule has 9 rings (SSSR count). The van der Waals surface area contributed by atoms with E-state index < -0.39 is 0 Å². The lowest BCUT2D eigenvalue weighted by atomic mass is 9.98. The number of thiophene rings is 2. The van der Waals surface area contributed by atoms with Gasteiger partial charge in [-0.25, -0.2) is 0 Å². The first-order valence-corrected chi connectivity index (χ1v) is 15.2. The molecule has 0 unspecified atom stereocenters. The minimum atomic E-state index is 0.663. The molecule has 0 saturated carbocycles. The van der Waals surface area contributed by atoms with Gasteiger partial charge < -0.3 is 4.57 Å². The Labute approximate surface area is 243 Å². The van der Waals surface area contributed by atoms with E-state index in [1.165, 1.54) is 51.1 Å². The number of nitriles is 1. The molecule has 2 nitrogen and oxygen atoms in total. The monoisotopic (exact) mass is 556 g/mol. The van der Waals surface area contributed by atoms with Gasteiger partial charge in [-0.3, -0.25) is 0 Å². The molecule has 0 aliphatic heterocycles. The van der Waals surface area contributed by atoms with Gasteiger partial charge in [0.1, 0.15) is 6.07 Å². The standard InChI is InChI=1S/C37H20N2S2/c38-21-23-8-7-12-24(35(23)39-31-13-4-1-9-25(31)26-10-2-5-14-32(26)39)22-16-19-34-30(20-22)29-18-17-28-27-11-3-6-15-33(27)40-36(28)37(29)41-34/h1-20H. The molecule has 0 saturated heterocycles. The van der Waals surface area contributed by atoms with Crippen molar-refractivity contribution < 1.29 is 0 Å². The fourth-order valence-corrected chi connectivity index (χ4v) is 8.98. The SMILES string of the molecule is N#Cc1cccc(-c2ccc3sc4c(ccc5c6ccccc6sc54)c3c2)c1-n1c2ccccc2c2ccccc21. The third-order valence-corrected chi connectivity index (χ3v) is 10.8. The van der Waals surface area contributed by atoms with E-state index in [4.69, 9.17) is 0 Å². The molecule has 3 aromatic heterocycles. The summed E-state index contributed by atoms with van der Waals surface area (Å²) in [5, 5.41) is 17.9. The lowest BCUT2D eigenvalue weighted by molar-refractivity contribution is 1.17. The Bertz CT molecular complexity index is 2500. The quantitative estimate of drug-likeness (QED) is 0.208. The number of nitrogens with zero attached hydrogens (tertiary/aromatic N) is 2. The van der Waals surface area contributed by atoms with E-state index >= 15 is 0 Å². The minimum Gasteiger partial charge on any atom is -0.307 e. The van der Waals surface area contributed by atoms with E-state index in [1.807, 2.05) is 34.8 Å². The van der Waals surface area contributed by atoms with Gasteiger partial charge in [-0.2, -0.15) is 5.26 Å². The summed E-state index contributed by atoms with van der Waals surface area (Å²) in [6.07, 6.45) is 0. The first-order chi connectivity index (χ1) is 20.3. The first-order valence-electron chi connectivity index (χ1n) is 13.6. The fraction of sp³-hybridized carbons (Fsp3) is 0. The Morgan fingerprint density at radius 3 is 1.83 bits per heavy atom. The zero-order valence-electron chi connectivity index (χ0n) is 21.8. The highest BCUT2D eigenvalue weighted by molar-refractivity contribution is 7.33. The van der Waals surface area contributed by atoms with Crippen molar-refractivity contribution in [1.29, 1.82) is 5.26 Å². The first kappa shape index (κ1) is 22.8. The maximum Gasteiger partial charge on any atom is 0.101 e. The van der Waals surface area contributed by atoms with Gasteiger partial charge in [0.25, 0.3) is 0 Å². The lowest BCUT2D eigenvalue weighted by Crippen LogP contribution is -2.00. The molecular weight excluding hydrogens is 537 g/mol. The van der Waals surface area contributed by atoms with Crippen molar-refractivity contribution >= 4 is 84.8 Å². The number of aromatic nitrogens is 1. The molecule has 4 heteroatoms. The Balaban J connectivity index is 1.34. The smallest absolute Gasteiger partial charge is 0.101 e. The predicted octanol–water partition coefficient (Wildman–Crippen LogP) is 11.1. The maximum atomic E-state index is 10.3. The van der Waals surface area contributed by atoms with Crippen molar-refractivity contribution in [2.75, 3.05) is 0 Å². The van der Waals surface area contributed by atoms with Crippen LogP contribution in [0.4, 0.5) is 0 Å². The average molecular weight is 557 g/mol. The minimum absolute atomic E-state index is 0.663. The van der Waals surface area contributed by atoms with Gasteiger partial charge in [-0.1, -0.05) is 84.9 Å². The highest BCUT2D eigenvalue weighted by Gasteiger charge is 2.19. The van der Waals surface area contributed by atoms with Crippen molar-refractivity contribution in [2.24, 2.45) is 0 Å². The van der Waals surface area contributed by atoms with E-state index in [2.05, 4.69) is 120 Å². The normalized spacial score (nSPS) is 11.9. The third kappa shape index (κ3) is 3.16. The van der Waals surface area contributed by atoms with Crippen molar-refractivity contribution in [2.45, 2.75) is 0 Å². The van der Waals surface area contributed by atoms with E-state index in [0.717, 1.165) is 27.8 Å². The zero-order valence-corrected chi connectivity index (χ0v) is 23.4. The summed E-state index contributed by atoms with van der Waals surface area (Å²) in [5.41, 5.74) is 5.97. The van der Waals surface area contributed by atoms with Crippen LogP contribution in [0.1, 0.15) is 5.56 Å². The Morgan fingerprint density at radius 2 is 1.12 bits per heavy atom. The van der Waals surface area contributed by atoms with Crippen LogP contribution in [-0.2, 0) is 0 Å². The van der Waals surface area contributed by atoms with E-state index in [0.29, 0.717) is 5.56 Å². The van der Waals surface area contributed by atoms with Crippen molar-refractivity contribution in [3.05, 3.63) is 127 Å². The molecule has 6 aromatic carbocycles. The number of para-hydroxylation sites is 3. The third-order valence-electron chi connectivity index (χ3n) is 8.25. The summed E-state index contributed by atoms with van der Waals surface area (Å²) >= 11 is 3.76. The van der Waals surface area contributed by atoms with Crippen LogP contribution >= 0.6 is 22.7 Å². The van der Waals surface area contributed by atoms with Gasteiger partial charge in [0, 0.05) is 47.3 Å². The fourth-order valence-electron chi connectivity index (χ4n) is 6.46. The van der Waals surface area contributed by atoms with Crippen LogP contribution < -0.4 is 0 Å². The van der Waals surface area contributed by atoms with Gasteiger partial charge in [0.15, 0.2) is 0 Å². The molecule has 0 radical (unpaired) electrons. The number of benzene rings is 6. The predicted molar refractivity (Wildman–Crippen MR) is 177 cm³/mol. The molecule has 41 heavy (non-hydrogen) atoms. The topological polar surface area (TPSA) is 28.7 Å². The molecular formula is C37H20N2S2. The molecule has 0 bridgehead atoms. The van der Waals surface area contributed by atoms with Crippen LogP contribution in [0, 0.1) is 11.3 Å². The molecule has 0 aliphatic rings. The van der Waals surface area contributed by atoms with E-state index in [-0.39, 0.29) is 0 Å². The molecule has 190 valence electrons. The van der Waals surface area contributed by atoms with Gasteiger partial charge in [-0.15, -0.1) is 22.7 Å². The van der Waals surface area contributed by atoms with Gasteiger partial charge >= 0.3 is 0 Å². The largest absolute Gasteiger partial charge is 0.307 e. The average Bonchev–Trinajstić information content (AvgIpc) is 3.70. The molecule has 0 atom stereocenters. The van der Waals surface area contributed by atoms with Crippen LogP contribution in [0.15, 0.2) is 121 Å². The maximum absolute atomic E-state index is 10.3. The Kier molecular flexibility index (Phi) is 4.74. The van der Waals surface area contributed by atoms with E-state index in [9.17, 15) is 5.26 Å². The molecule has 0 fully saturated rings. The zero-order chi connectivity index (χ0) is 27.1. The highest BCUT2D eigenvalue weighted by atomic mass is 32.1. The van der Waals surface area contributed by atoms with Gasteiger partial charge in [0.05, 0.1) is 31.7 Å². The summed E-state index contributed by atoms with van der Waals surface area (Å²) in [6, 6.07) is 45.6. The molecule has 9 aromatic rings. The Hall–Kier alpha value is -4.95. The summed E-state index contributed by atoms with van der Waals surface area (Å²) in [5.74, 6) is 0. The second kappa shape index (κ2) is 8.52. The lowest BCUT2D eigenvalue weighted by Gasteiger charge is -2.16. The van der Waals surface area contributed by atoms with Crippen molar-refractivity contribution in [3.8, 4) is 22.9 Å². The number of hydrogen-bond acceptors (Lipinski definition) is 3. The molecule has 0 amide bonds. The van der Waals surface area contributed by atoms with E-state index in [1.54, 1.807) is 0 Å². The highest BCUT2D eigenvalue weighted by Crippen LogP contribution is 2.46. The van der Waals surface area contributed by atoms with Gasteiger partial charge in [0.2, 0.25) is 0 Å². The van der Waals surface area contributed by atoms with Crippen LogP contribution in [-0.4, -0.2) is 4.57 Å². The summed E-state index contributed by atoms with van der Waals surface area (Å²) < 4.78 is 7.60. The van der Waals surface area contributed by atoms with Crippen LogP contribution in [0.2, 0.25) is 0 Å². The number of fused-ring (bicyclic) bond motifs is 10. The van der Waals surface area contributed by atoms with Crippen molar-refractivity contribution in [3.63, 3.8) is 0 Å². The van der Waals surface area contributed by atoms with Gasteiger partial charge in [-0.05, 0) is 42.0 Å². The Morgan fingerprint density at radius 1 is 0.512 bits per heavy atom. The van der Waals surface area contributed by atoms with Crippen LogP contribution in [0.5, 0.6) is 0 Å². The summed E-state index contributed by atoms with van der Waals surface area (Å²) in [4.78, 5) is 0.